The van der Waals surface area contributed by atoms with Crippen LogP contribution in [-0.4, -0.2) is 11.7 Å². The Labute approximate surface area is 133 Å². The van der Waals surface area contributed by atoms with Gasteiger partial charge in [0.1, 0.15) is 10.5 Å². The van der Waals surface area contributed by atoms with E-state index >= 15 is 0 Å². The van der Waals surface area contributed by atoms with E-state index in [9.17, 15) is 24.2 Å². The van der Waals surface area contributed by atoms with E-state index in [1.54, 1.807) is 20.8 Å². The van der Waals surface area contributed by atoms with E-state index < -0.39 is 42.5 Å². The minimum Gasteiger partial charge on any atom is -0.444 e. The molecule has 1 aromatic rings. The lowest BCUT2D eigenvalue weighted by molar-refractivity contribution is 0.0636. The Morgan fingerprint density at radius 3 is 1.82 bits per heavy atom. The van der Waals surface area contributed by atoms with E-state index in [0.717, 1.165) is 0 Å². The van der Waals surface area contributed by atoms with Crippen LogP contribution in [0.25, 0.3) is 0 Å². The van der Waals surface area contributed by atoms with E-state index in [1.807, 2.05) is 5.32 Å². The quantitative estimate of drug-likeness (QED) is 0.554. The van der Waals surface area contributed by atoms with Crippen molar-refractivity contribution >= 4 is 45.2 Å². The summed E-state index contributed by atoms with van der Waals surface area (Å²) < 4.78 is 68.3. The largest absolute Gasteiger partial charge is 0.444 e. The van der Waals surface area contributed by atoms with Crippen molar-refractivity contribution in [2.45, 2.75) is 31.3 Å². The summed E-state index contributed by atoms with van der Waals surface area (Å²) in [5.74, 6) is 0. The van der Waals surface area contributed by atoms with Crippen molar-refractivity contribution in [1.29, 1.82) is 0 Å². The molecule has 0 aromatic heterocycles. The van der Waals surface area contributed by atoms with E-state index in [0.29, 0.717) is 0 Å². The maximum atomic E-state index is 12.7. The molecule has 0 saturated heterocycles. The third-order valence-electron chi connectivity index (χ3n) is 2.09. The van der Waals surface area contributed by atoms with Crippen LogP contribution in [0.1, 0.15) is 20.8 Å². The smallest absolute Gasteiger partial charge is 0.412 e. The second-order valence-corrected chi connectivity index (χ2v) is 8.58. The average molecular weight is 388 g/mol. The lowest BCUT2D eigenvalue weighted by Crippen LogP contribution is -2.27. The molecule has 0 radical (unpaired) electrons. The molecule has 3 nitrogen and oxygen atoms in total. The monoisotopic (exact) mass is 387 g/mol. The average Bonchev–Trinajstić information content (AvgIpc) is 2.16. The normalized spacial score (nSPS) is 15.7. The summed E-state index contributed by atoms with van der Waals surface area (Å²) in [4.78, 5) is 9.28. The van der Waals surface area contributed by atoms with Crippen LogP contribution in [0.2, 0.25) is 10.0 Å². The van der Waals surface area contributed by atoms with Crippen LogP contribution in [0.4, 0.5) is 29.9 Å². The first-order valence-corrected chi connectivity index (χ1v) is 8.33. The van der Waals surface area contributed by atoms with Gasteiger partial charge < -0.3 is 4.74 Å². The molecule has 1 amide bonds. The highest BCUT2D eigenvalue weighted by molar-refractivity contribution is 8.45. The number of ether oxygens (including phenoxy) is 1. The third-order valence-corrected chi connectivity index (χ3v) is 3.81. The topological polar surface area (TPSA) is 38.3 Å². The Balaban J connectivity index is 3.21. The number of rotatable bonds is 2. The second-order valence-electron chi connectivity index (χ2n) is 5.36. The van der Waals surface area contributed by atoms with Crippen molar-refractivity contribution in [2.75, 3.05) is 5.32 Å². The first-order chi connectivity index (χ1) is 9.39. The number of hydrogen-bond donors (Lipinski definition) is 1. The highest BCUT2D eigenvalue weighted by atomic mass is 35.5. The molecule has 1 rings (SSSR count). The third kappa shape index (κ3) is 5.36. The van der Waals surface area contributed by atoms with E-state index in [2.05, 4.69) is 0 Å². The molecule has 0 heterocycles. The maximum absolute atomic E-state index is 12.7. The van der Waals surface area contributed by atoms with Crippen molar-refractivity contribution in [3.05, 3.63) is 22.2 Å². The van der Waals surface area contributed by atoms with Gasteiger partial charge in [0.25, 0.3) is 0 Å². The number of hydrogen-bond acceptors (Lipinski definition) is 2. The molecule has 0 unspecified atom stereocenters. The Morgan fingerprint density at radius 1 is 1.09 bits per heavy atom. The van der Waals surface area contributed by atoms with Gasteiger partial charge in [-0.2, -0.15) is 0 Å². The van der Waals surface area contributed by atoms with Crippen LogP contribution in [0, 0.1) is 0 Å². The molecule has 0 atom stereocenters. The summed E-state index contributed by atoms with van der Waals surface area (Å²) in [6.07, 6.45) is -1.05. The summed E-state index contributed by atoms with van der Waals surface area (Å²) in [6, 6.07) is 0.00336. The zero-order valence-corrected chi connectivity index (χ0v) is 13.9. The Bertz CT molecular complexity index is 605. The van der Waals surface area contributed by atoms with Crippen LogP contribution >= 0.6 is 33.4 Å². The molecule has 0 saturated carbocycles. The van der Waals surface area contributed by atoms with Crippen molar-refractivity contribution < 1.29 is 29.0 Å². The number of halogens is 7. The van der Waals surface area contributed by atoms with Gasteiger partial charge in [0.2, 0.25) is 0 Å². The van der Waals surface area contributed by atoms with Gasteiger partial charge in [0, 0.05) is 0 Å². The molecule has 0 bridgehead atoms. The molecule has 1 aromatic carbocycles. The van der Waals surface area contributed by atoms with Gasteiger partial charge in [-0.15, -0.1) is 0 Å². The van der Waals surface area contributed by atoms with E-state index in [4.69, 9.17) is 27.9 Å². The SMILES string of the molecule is CC(C)(C)OC(=O)Nc1c(Cl)cc(S(F)(F)(F)(F)F)cc1Cl. The molecule has 0 aliphatic rings. The maximum Gasteiger partial charge on any atom is 0.412 e. The van der Waals surface area contributed by atoms with Gasteiger partial charge >= 0.3 is 16.3 Å². The number of carbonyl (C=O) groups is 1. The van der Waals surface area contributed by atoms with E-state index in [-0.39, 0.29) is 12.1 Å². The molecule has 1 N–H and O–H groups in total. The fourth-order valence-corrected chi connectivity index (χ4v) is 2.69. The Morgan fingerprint density at radius 2 is 1.50 bits per heavy atom. The van der Waals surface area contributed by atoms with Gasteiger partial charge in [-0.05, 0) is 32.9 Å². The van der Waals surface area contributed by atoms with Crippen molar-refractivity contribution in [2.24, 2.45) is 0 Å². The van der Waals surface area contributed by atoms with Crippen molar-refractivity contribution in [1.82, 2.24) is 0 Å². The van der Waals surface area contributed by atoms with Crippen LogP contribution in [0.3, 0.4) is 0 Å². The van der Waals surface area contributed by atoms with Gasteiger partial charge in [-0.1, -0.05) is 42.6 Å². The van der Waals surface area contributed by atoms with Gasteiger partial charge in [-0.3, -0.25) is 5.32 Å². The lowest BCUT2D eigenvalue weighted by Gasteiger charge is -2.40. The predicted octanol–water partition coefficient (Wildman–Crippen LogP) is 7.00. The summed E-state index contributed by atoms with van der Waals surface area (Å²) in [7, 11) is -9.92. The summed E-state index contributed by atoms with van der Waals surface area (Å²) >= 11 is 11.0. The lowest BCUT2D eigenvalue weighted by atomic mass is 10.2. The Kier molecular flexibility index (Phi) is 4.15. The molecular formula is C11H12Cl2F5NO2S. The second kappa shape index (κ2) is 4.78. The highest BCUT2D eigenvalue weighted by Crippen LogP contribution is 3.02. The molecule has 0 spiro atoms. The number of amides is 1. The first-order valence-electron chi connectivity index (χ1n) is 5.62. The van der Waals surface area contributed by atoms with Crippen LogP contribution in [0.15, 0.2) is 17.0 Å². The highest BCUT2D eigenvalue weighted by Gasteiger charge is 2.65. The van der Waals surface area contributed by atoms with Crippen LogP contribution in [0.5, 0.6) is 0 Å². The van der Waals surface area contributed by atoms with Crippen LogP contribution < -0.4 is 5.32 Å². The Hall–Kier alpha value is -0.930. The van der Waals surface area contributed by atoms with Crippen molar-refractivity contribution in [3.8, 4) is 0 Å². The number of carbonyl (C=O) groups excluding carboxylic acids is 1. The molecule has 0 fully saturated rings. The van der Waals surface area contributed by atoms with Crippen LogP contribution in [-0.2, 0) is 4.74 Å². The first kappa shape index (κ1) is 19.1. The minimum atomic E-state index is -9.92. The number of nitrogens with one attached hydrogen (secondary N) is 1. The number of anilines is 1. The van der Waals surface area contributed by atoms with Gasteiger partial charge in [0.05, 0.1) is 15.7 Å². The van der Waals surface area contributed by atoms with E-state index in [1.165, 1.54) is 0 Å². The molecule has 22 heavy (non-hydrogen) atoms. The predicted molar refractivity (Wildman–Crippen MR) is 77.7 cm³/mol. The zero-order valence-electron chi connectivity index (χ0n) is 11.5. The number of benzene rings is 1. The molecule has 0 aliphatic heterocycles. The standard InChI is InChI=1S/C11H12Cl2F5NO2S/c1-11(2,3)21-10(20)19-9-7(12)4-6(5-8(9)13)22(14,15,16,17)18/h4-5H,1-3H3,(H,19,20). The van der Waals surface area contributed by atoms with Crippen molar-refractivity contribution in [3.63, 3.8) is 0 Å². The van der Waals surface area contributed by atoms with Gasteiger partial charge in [0.15, 0.2) is 0 Å². The molecular weight excluding hydrogens is 376 g/mol. The zero-order chi connectivity index (χ0) is 17.6. The van der Waals surface area contributed by atoms with Gasteiger partial charge in [-0.25, -0.2) is 4.79 Å². The summed E-state index contributed by atoms with van der Waals surface area (Å²) in [6.45, 7) is 4.65. The summed E-state index contributed by atoms with van der Waals surface area (Å²) in [5, 5.41) is 0.434. The minimum absolute atomic E-state index is 0.00168. The molecule has 128 valence electrons. The fraction of sp³-hybridized carbons (Fsp3) is 0.364. The molecule has 11 heteroatoms. The summed E-state index contributed by atoms with van der Waals surface area (Å²) in [5.41, 5.74) is -1.34. The molecule has 0 aliphatic carbocycles. The fourth-order valence-electron chi connectivity index (χ4n) is 1.30.